The summed E-state index contributed by atoms with van der Waals surface area (Å²) in [5.41, 5.74) is 2.01. The van der Waals surface area contributed by atoms with Gasteiger partial charge in [0, 0.05) is 18.5 Å². The largest absolute Gasteiger partial charge is 0.443 e. The van der Waals surface area contributed by atoms with Crippen LogP contribution in [-0.4, -0.2) is 15.5 Å². The summed E-state index contributed by atoms with van der Waals surface area (Å²) in [5.74, 6) is 0.579. The highest BCUT2D eigenvalue weighted by molar-refractivity contribution is 5.78. The van der Waals surface area contributed by atoms with E-state index in [0.717, 1.165) is 11.1 Å². The second-order valence-corrected chi connectivity index (χ2v) is 6.16. The van der Waals surface area contributed by atoms with Crippen molar-refractivity contribution in [2.45, 2.75) is 39.8 Å². The molecule has 3 rings (SSSR count). The number of aryl methyl sites for hydroxylation is 3. The molecule has 2 aromatic heterocycles. The molecule has 1 atom stereocenters. The lowest BCUT2D eigenvalue weighted by atomic mass is 10.1. The topological polar surface area (TPSA) is 77.1 Å². The maximum Gasteiger partial charge on any atom is 0.264 e. The summed E-state index contributed by atoms with van der Waals surface area (Å²) >= 11 is 0. The number of nitrogens with zero attached hydrogens (tertiary/aromatic N) is 2. The molecule has 0 aliphatic carbocycles. The van der Waals surface area contributed by atoms with Crippen LogP contribution < -0.4 is 10.9 Å². The van der Waals surface area contributed by atoms with Crippen LogP contribution in [0.25, 0.3) is 11.1 Å². The van der Waals surface area contributed by atoms with Crippen LogP contribution in [0.5, 0.6) is 0 Å². The van der Waals surface area contributed by atoms with Crippen molar-refractivity contribution in [3.05, 3.63) is 63.9 Å². The zero-order chi connectivity index (χ0) is 18.0. The third-order valence-corrected chi connectivity index (χ3v) is 4.41. The van der Waals surface area contributed by atoms with E-state index in [0.29, 0.717) is 16.9 Å². The lowest BCUT2D eigenvalue weighted by Gasteiger charge is -2.14. The molecule has 1 aromatic carbocycles. The third-order valence-electron chi connectivity index (χ3n) is 4.41. The molecule has 130 valence electrons. The van der Waals surface area contributed by atoms with Gasteiger partial charge in [-0.3, -0.25) is 14.2 Å². The number of nitrogens with one attached hydrogen (secondary N) is 1. The number of fused-ring (bicyclic) bond motifs is 1. The minimum Gasteiger partial charge on any atom is -0.443 e. The molecule has 0 saturated heterocycles. The average Bonchev–Trinajstić information content (AvgIpc) is 2.90. The summed E-state index contributed by atoms with van der Waals surface area (Å²) in [6, 6.07) is 9.67. The van der Waals surface area contributed by atoms with Crippen LogP contribution in [-0.2, 0) is 11.3 Å². The zero-order valence-corrected chi connectivity index (χ0v) is 14.6. The number of carbonyl (C=O) groups excluding carboxylic acids is 1. The second-order valence-electron chi connectivity index (χ2n) is 6.16. The van der Waals surface area contributed by atoms with E-state index in [2.05, 4.69) is 10.3 Å². The second kappa shape index (κ2) is 6.93. The van der Waals surface area contributed by atoms with Crippen LogP contribution in [0.4, 0.5) is 0 Å². The highest BCUT2D eigenvalue weighted by Gasteiger charge is 2.15. The molecular weight excluding hydrogens is 318 g/mol. The van der Waals surface area contributed by atoms with Gasteiger partial charge < -0.3 is 9.73 Å². The number of benzene rings is 1. The van der Waals surface area contributed by atoms with Crippen LogP contribution in [0, 0.1) is 13.8 Å². The fraction of sp³-hybridized carbons (Fsp3) is 0.316. The summed E-state index contributed by atoms with van der Waals surface area (Å²) < 4.78 is 6.91. The average molecular weight is 339 g/mol. The first-order valence-corrected chi connectivity index (χ1v) is 8.27. The molecule has 1 N–H and O–H groups in total. The number of hydrogen-bond acceptors (Lipinski definition) is 4. The van der Waals surface area contributed by atoms with Gasteiger partial charge in [0.1, 0.15) is 17.5 Å². The molecular formula is C19H21N3O3. The van der Waals surface area contributed by atoms with Crippen LogP contribution in [0.2, 0.25) is 0 Å². The van der Waals surface area contributed by atoms with Gasteiger partial charge in [0.05, 0.1) is 6.04 Å². The Balaban J connectivity index is 1.68. The molecule has 3 aromatic rings. The molecule has 0 fully saturated rings. The number of hydrogen-bond donors (Lipinski definition) is 1. The molecule has 0 bridgehead atoms. The van der Waals surface area contributed by atoms with Crippen molar-refractivity contribution in [2.75, 3.05) is 0 Å². The highest BCUT2D eigenvalue weighted by Crippen LogP contribution is 2.19. The van der Waals surface area contributed by atoms with Gasteiger partial charge >= 0.3 is 0 Å². The monoisotopic (exact) mass is 339 g/mol. The number of amides is 1. The molecule has 2 heterocycles. The quantitative estimate of drug-likeness (QED) is 0.775. The van der Waals surface area contributed by atoms with Crippen molar-refractivity contribution in [2.24, 2.45) is 0 Å². The van der Waals surface area contributed by atoms with Gasteiger partial charge in [-0.2, -0.15) is 0 Å². The maximum absolute atomic E-state index is 12.6. The summed E-state index contributed by atoms with van der Waals surface area (Å²) in [6.07, 6.45) is 1.64. The Kier molecular flexibility index (Phi) is 4.70. The predicted molar refractivity (Wildman–Crippen MR) is 95.4 cm³/mol. The molecule has 6 heteroatoms. The first-order chi connectivity index (χ1) is 12.0. The van der Waals surface area contributed by atoms with Gasteiger partial charge in [-0.1, -0.05) is 30.3 Å². The summed E-state index contributed by atoms with van der Waals surface area (Å²) in [5, 5.41) is 3.43. The van der Waals surface area contributed by atoms with Gasteiger partial charge in [-0.05, 0) is 26.3 Å². The molecule has 6 nitrogen and oxygen atoms in total. The lowest BCUT2D eigenvalue weighted by Crippen LogP contribution is -2.29. The summed E-state index contributed by atoms with van der Waals surface area (Å²) in [6.45, 7) is 5.85. The molecule has 1 unspecified atom stereocenters. The minimum atomic E-state index is -0.178. The van der Waals surface area contributed by atoms with Gasteiger partial charge in [-0.15, -0.1) is 0 Å². The Labute approximate surface area is 145 Å². The molecule has 25 heavy (non-hydrogen) atoms. The van der Waals surface area contributed by atoms with E-state index < -0.39 is 0 Å². The summed E-state index contributed by atoms with van der Waals surface area (Å²) in [7, 11) is 0. The third kappa shape index (κ3) is 3.47. The SMILES string of the molecule is Cc1oc2ncn(CCC(=O)NC(C)c3ccccc3)c(=O)c2c1C. The fourth-order valence-electron chi connectivity index (χ4n) is 2.79. The van der Waals surface area contributed by atoms with Crippen LogP contribution in [0.3, 0.4) is 0 Å². The van der Waals surface area contributed by atoms with Gasteiger partial charge in [0.25, 0.3) is 5.56 Å². The van der Waals surface area contributed by atoms with E-state index in [1.165, 1.54) is 10.9 Å². The Bertz CT molecular complexity index is 957. The van der Waals surface area contributed by atoms with Crippen LogP contribution >= 0.6 is 0 Å². The Morgan fingerprint density at radius 3 is 2.72 bits per heavy atom. The van der Waals surface area contributed by atoms with Crippen molar-refractivity contribution >= 4 is 17.0 Å². The number of furan rings is 1. The molecule has 0 spiro atoms. The number of aromatic nitrogens is 2. The molecule has 0 aliphatic heterocycles. The van der Waals surface area contributed by atoms with Crippen molar-refractivity contribution < 1.29 is 9.21 Å². The van der Waals surface area contributed by atoms with Gasteiger partial charge in [-0.25, -0.2) is 4.98 Å². The zero-order valence-electron chi connectivity index (χ0n) is 14.6. The first-order valence-electron chi connectivity index (χ1n) is 8.27. The van der Waals surface area contributed by atoms with Crippen molar-refractivity contribution in [3.8, 4) is 0 Å². The lowest BCUT2D eigenvalue weighted by molar-refractivity contribution is -0.121. The Morgan fingerprint density at radius 1 is 1.28 bits per heavy atom. The van der Waals surface area contributed by atoms with E-state index >= 15 is 0 Å². The highest BCUT2D eigenvalue weighted by atomic mass is 16.3. The van der Waals surface area contributed by atoms with E-state index in [9.17, 15) is 9.59 Å². The number of carbonyl (C=O) groups is 1. The van der Waals surface area contributed by atoms with E-state index in [1.807, 2.05) is 44.2 Å². The van der Waals surface area contributed by atoms with Gasteiger partial charge in [0.2, 0.25) is 11.6 Å². The Hall–Kier alpha value is -2.89. The molecule has 0 radical (unpaired) electrons. The van der Waals surface area contributed by atoms with E-state index in [-0.39, 0.29) is 30.5 Å². The first kappa shape index (κ1) is 17.0. The molecule has 0 aliphatic rings. The Morgan fingerprint density at radius 2 is 2.00 bits per heavy atom. The van der Waals surface area contributed by atoms with E-state index in [1.54, 1.807) is 6.92 Å². The standard InChI is InChI=1S/C19H21N3O3/c1-12-14(3)25-18-17(12)19(24)22(11-20-18)10-9-16(23)21-13(2)15-7-5-4-6-8-15/h4-8,11,13H,9-10H2,1-3H3,(H,21,23). The van der Waals surface area contributed by atoms with Crippen LogP contribution in [0.15, 0.2) is 45.9 Å². The van der Waals surface area contributed by atoms with Crippen LogP contribution in [0.1, 0.15) is 36.3 Å². The maximum atomic E-state index is 12.6. The summed E-state index contributed by atoms with van der Waals surface area (Å²) in [4.78, 5) is 28.9. The molecule has 0 saturated carbocycles. The predicted octanol–water partition coefficient (Wildman–Crippen LogP) is 2.87. The fourth-order valence-corrected chi connectivity index (χ4v) is 2.79. The van der Waals surface area contributed by atoms with E-state index in [4.69, 9.17) is 4.42 Å². The van der Waals surface area contributed by atoms with Crippen molar-refractivity contribution in [1.82, 2.24) is 14.9 Å². The number of rotatable bonds is 5. The van der Waals surface area contributed by atoms with Crippen molar-refractivity contribution in [1.29, 1.82) is 0 Å². The minimum absolute atomic E-state index is 0.0789. The normalized spacial score (nSPS) is 12.3. The smallest absolute Gasteiger partial charge is 0.264 e. The van der Waals surface area contributed by atoms with Crippen molar-refractivity contribution in [3.63, 3.8) is 0 Å². The molecule has 1 amide bonds. The van der Waals surface area contributed by atoms with Gasteiger partial charge in [0.15, 0.2) is 0 Å².